The number of carbonyl (C=O) groups is 1. The molecule has 1 aliphatic heterocycles. The number of amides is 1. The summed E-state index contributed by atoms with van der Waals surface area (Å²) in [5.41, 5.74) is 1.70. The van der Waals surface area contributed by atoms with Crippen molar-refractivity contribution in [2.75, 3.05) is 18.4 Å². The number of nitrogens with one attached hydrogen (secondary N) is 1. The van der Waals surface area contributed by atoms with E-state index in [0.29, 0.717) is 15.7 Å². The molecular weight excluding hydrogens is 362 g/mol. The van der Waals surface area contributed by atoms with Gasteiger partial charge >= 0.3 is 0 Å². The maximum atomic E-state index is 13.0. The van der Waals surface area contributed by atoms with E-state index in [0.717, 1.165) is 38.0 Å². The van der Waals surface area contributed by atoms with E-state index in [1.54, 1.807) is 30.3 Å². The minimum atomic E-state index is -0.222. The zero-order valence-electron chi connectivity index (χ0n) is 13.6. The Bertz CT molecular complexity index is 723. The fourth-order valence-corrected chi connectivity index (χ4v) is 3.60. The molecule has 1 aliphatic rings. The van der Waals surface area contributed by atoms with Crippen LogP contribution in [-0.4, -0.2) is 23.9 Å². The summed E-state index contributed by atoms with van der Waals surface area (Å²) >= 11 is 11.9. The number of hydrogen-bond acceptors (Lipinski definition) is 2. The number of hydrogen-bond donors (Lipinski definition) is 1. The highest BCUT2D eigenvalue weighted by atomic mass is 35.5. The van der Waals surface area contributed by atoms with E-state index in [9.17, 15) is 9.18 Å². The smallest absolute Gasteiger partial charge is 0.227 e. The first kappa shape index (κ1) is 18.2. The second kappa shape index (κ2) is 8.17. The first-order valence-electron chi connectivity index (χ1n) is 8.23. The molecular formula is C19H19Cl2FN2O. The molecule has 2 aromatic carbocycles. The van der Waals surface area contributed by atoms with Gasteiger partial charge in [0.15, 0.2) is 0 Å². The zero-order valence-corrected chi connectivity index (χ0v) is 15.2. The molecule has 0 aliphatic carbocycles. The Morgan fingerprint density at radius 2 is 1.68 bits per heavy atom. The van der Waals surface area contributed by atoms with Gasteiger partial charge in [0.2, 0.25) is 5.91 Å². The summed E-state index contributed by atoms with van der Waals surface area (Å²) in [5.74, 6) is -0.248. The Kier molecular flexibility index (Phi) is 5.94. The summed E-state index contributed by atoms with van der Waals surface area (Å²) in [6, 6.07) is 11.6. The fraction of sp³-hybridized carbons (Fsp3) is 0.316. The molecule has 0 bridgehead atoms. The lowest BCUT2D eigenvalue weighted by atomic mass is 9.95. The van der Waals surface area contributed by atoms with Crippen LogP contribution >= 0.6 is 23.2 Å². The molecule has 25 heavy (non-hydrogen) atoms. The Morgan fingerprint density at radius 1 is 1.08 bits per heavy atom. The lowest BCUT2D eigenvalue weighted by Crippen LogP contribution is -2.37. The van der Waals surface area contributed by atoms with E-state index in [1.807, 2.05) is 0 Å². The molecule has 3 rings (SSSR count). The van der Waals surface area contributed by atoms with Gasteiger partial charge in [-0.1, -0.05) is 35.3 Å². The van der Waals surface area contributed by atoms with Crippen molar-refractivity contribution in [2.45, 2.75) is 19.4 Å². The van der Waals surface area contributed by atoms with E-state index >= 15 is 0 Å². The summed E-state index contributed by atoms with van der Waals surface area (Å²) in [6.45, 7) is 2.45. The third-order valence-electron chi connectivity index (χ3n) is 4.41. The second-order valence-corrected chi connectivity index (χ2v) is 7.20. The molecule has 0 saturated carbocycles. The Hall–Kier alpha value is -1.62. The first-order valence-corrected chi connectivity index (χ1v) is 8.99. The molecule has 1 saturated heterocycles. The summed E-state index contributed by atoms with van der Waals surface area (Å²) in [7, 11) is 0. The summed E-state index contributed by atoms with van der Waals surface area (Å²) in [4.78, 5) is 14.7. The number of halogens is 3. The molecule has 132 valence electrons. The maximum absolute atomic E-state index is 13.0. The Labute approximate surface area is 156 Å². The van der Waals surface area contributed by atoms with E-state index in [1.165, 1.54) is 12.1 Å². The predicted molar refractivity (Wildman–Crippen MR) is 99.5 cm³/mol. The van der Waals surface area contributed by atoms with E-state index < -0.39 is 0 Å². The van der Waals surface area contributed by atoms with Gasteiger partial charge in [0.05, 0.1) is 0 Å². The van der Waals surface area contributed by atoms with Gasteiger partial charge in [-0.05, 0) is 61.8 Å². The Morgan fingerprint density at radius 3 is 2.28 bits per heavy atom. The molecule has 2 aromatic rings. The Balaban J connectivity index is 1.51. The van der Waals surface area contributed by atoms with Crippen LogP contribution in [0.5, 0.6) is 0 Å². The normalized spacial score (nSPS) is 16.0. The molecule has 0 radical (unpaired) electrons. The SMILES string of the molecule is O=C(Nc1cc(Cl)cc(Cl)c1)C1CCN(Cc2ccc(F)cc2)CC1. The van der Waals surface area contributed by atoms with Gasteiger partial charge in [-0.2, -0.15) is 0 Å². The monoisotopic (exact) mass is 380 g/mol. The van der Waals surface area contributed by atoms with Crippen molar-refractivity contribution in [1.82, 2.24) is 4.90 Å². The number of anilines is 1. The number of likely N-dealkylation sites (tertiary alicyclic amines) is 1. The average Bonchev–Trinajstić information content (AvgIpc) is 2.56. The van der Waals surface area contributed by atoms with Crippen molar-refractivity contribution < 1.29 is 9.18 Å². The third kappa shape index (κ3) is 5.18. The van der Waals surface area contributed by atoms with Gasteiger partial charge in [0.25, 0.3) is 0 Å². The quantitative estimate of drug-likeness (QED) is 0.810. The molecule has 3 nitrogen and oxygen atoms in total. The summed E-state index contributed by atoms with van der Waals surface area (Å²) < 4.78 is 13.0. The molecule has 1 fully saturated rings. The van der Waals surface area contributed by atoms with Crippen molar-refractivity contribution in [2.24, 2.45) is 5.92 Å². The van der Waals surface area contributed by atoms with Crippen molar-refractivity contribution >= 4 is 34.8 Å². The van der Waals surface area contributed by atoms with E-state index in [2.05, 4.69) is 10.2 Å². The van der Waals surface area contributed by atoms with Crippen LogP contribution in [0.2, 0.25) is 10.0 Å². The van der Waals surface area contributed by atoms with Crippen molar-refractivity contribution in [3.63, 3.8) is 0 Å². The van der Waals surface area contributed by atoms with Crippen molar-refractivity contribution in [3.8, 4) is 0 Å². The van der Waals surface area contributed by atoms with Crippen LogP contribution in [0.4, 0.5) is 10.1 Å². The second-order valence-electron chi connectivity index (χ2n) is 6.32. The highest BCUT2D eigenvalue weighted by molar-refractivity contribution is 6.35. The summed E-state index contributed by atoms with van der Waals surface area (Å²) in [6.07, 6.45) is 1.59. The number of rotatable bonds is 4. The number of nitrogens with zero attached hydrogens (tertiary/aromatic N) is 1. The average molecular weight is 381 g/mol. The topological polar surface area (TPSA) is 32.3 Å². The number of piperidine rings is 1. The first-order chi connectivity index (χ1) is 12.0. The molecule has 1 heterocycles. The van der Waals surface area contributed by atoms with Crippen LogP contribution in [0.3, 0.4) is 0 Å². The fourth-order valence-electron chi connectivity index (χ4n) is 3.07. The molecule has 0 atom stereocenters. The van der Waals surface area contributed by atoms with Crippen LogP contribution in [0, 0.1) is 11.7 Å². The minimum Gasteiger partial charge on any atom is -0.326 e. The summed E-state index contributed by atoms with van der Waals surface area (Å²) in [5, 5.41) is 3.89. The lowest BCUT2D eigenvalue weighted by Gasteiger charge is -2.31. The van der Waals surface area contributed by atoms with E-state index in [-0.39, 0.29) is 17.6 Å². The largest absolute Gasteiger partial charge is 0.326 e. The molecule has 6 heteroatoms. The highest BCUT2D eigenvalue weighted by Gasteiger charge is 2.25. The van der Waals surface area contributed by atoms with Crippen LogP contribution in [-0.2, 0) is 11.3 Å². The van der Waals surface area contributed by atoms with Gasteiger partial charge in [-0.3, -0.25) is 9.69 Å². The molecule has 0 aromatic heterocycles. The zero-order chi connectivity index (χ0) is 17.8. The molecule has 0 unspecified atom stereocenters. The molecule has 1 N–H and O–H groups in total. The van der Waals surface area contributed by atoms with Crippen molar-refractivity contribution in [3.05, 3.63) is 63.9 Å². The lowest BCUT2D eigenvalue weighted by molar-refractivity contribution is -0.121. The minimum absolute atomic E-state index is 0.000217. The van der Waals surface area contributed by atoms with Crippen LogP contribution < -0.4 is 5.32 Å². The predicted octanol–water partition coefficient (Wildman–Crippen LogP) is 4.98. The van der Waals surface area contributed by atoms with Gasteiger partial charge in [-0.15, -0.1) is 0 Å². The molecule has 1 amide bonds. The standard InChI is InChI=1S/C19H19Cl2FN2O/c20-15-9-16(21)11-18(10-15)23-19(25)14-5-7-24(8-6-14)12-13-1-3-17(22)4-2-13/h1-4,9-11,14H,5-8,12H2,(H,23,25). The van der Waals surface area contributed by atoms with Crippen LogP contribution in [0.25, 0.3) is 0 Å². The number of carbonyl (C=O) groups excluding carboxylic acids is 1. The third-order valence-corrected chi connectivity index (χ3v) is 4.84. The van der Waals surface area contributed by atoms with E-state index in [4.69, 9.17) is 23.2 Å². The van der Waals surface area contributed by atoms with Crippen LogP contribution in [0.1, 0.15) is 18.4 Å². The highest BCUT2D eigenvalue weighted by Crippen LogP contribution is 2.25. The maximum Gasteiger partial charge on any atom is 0.227 e. The van der Waals surface area contributed by atoms with Gasteiger partial charge in [0, 0.05) is 28.2 Å². The van der Waals surface area contributed by atoms with Crippen LogP contribution in [0.15, 0.2) is 42.5 Å². The van der Waals surface area contributed by atoms with Gasteiger partial charge in [-0.25, -0.2) is 4.39 Å². The number of benzene rings is 2. The molecule has 0 spiro atoms. The van der Waals surface area contributed by atoms with Gasteiger partial charge < -0.3 is 5.32 Å². The van der Waals surface area contributed by atoms with Crippen molar-refractivity contribution in [1.29, 1.82) is 0 Å². The van der Waals surface area contributed by atoms with Gasteiger partial charge in [0.1, 0.15) is 5.82 Å².